The minimum Gasteiger partial charge on any atom is -0.303 e. The third-order valence-corrected chi connectivity index (χ3v) is 4.90. The summed E-state index contributed by atoms with van der Waals surface area (Å²) in [6.45, 7) is 4.41. The van der Waals surface area contributed by atoms with Crippen LogP contribution in [0.1, 0.15) is 61.0 Å². The van der Waals surface area contributed by atoms with Crippen molar-refractivity contribution in [3.05, 3.63) is 65.0 Å². The highest BCUT2D eigenvalue weighted by molar-refractivity contribution is 5.64. The van der Waals surface area contributed by atoms with Crippen LogP contribution < -0.4 is 0 Å². The number of pyridine rings is 1. The number of benzene rings is 1. The first-order chi connectivity index (χ1) is 10.7. The number of nitrogens with zero attached hydrogens (tertiary/aromatic N) is 1. The average Bonchev–Trinajstić information content (AvgIpc) is 2.56. The fourth-order valence-corrected chi connectivity index (χ4v) is 3.68. The first kappa shape index (κ1) is 15.0. The van der Waals surface area contributed by atoms with Gasteiger partial charge < -0.3 is 4.79 Å². The SMILES string of the molecule is CCC1CC(C)c2nc(Cc3ccccc3)ccc2C1C=O. The highest BCUT2D eigenvalue weighted by atomic mass is 16.1. The summed E-state index contributed by atoms with van der Waals surface area (Å²) in [5.41, 5.74) is 4.65. The molecule has 2 aromatic rings. The molecule has 1 aromatic heterocycles. The average molecular weight is 293 g/mol. The number of carbonyl (C=O) groups is 1. The molecule has 0 fully saturated rings. The van der Waals surface area contributed by atoms with Gasteiger partial charge in [0, 0.05) is 23.7 Å². The first-order valence-corrected chi connectivity index (χ1v) is 8.21. The molecule has 0 saturated carbocycles. The number of hydrogen-bond acceptors (Lipinski definition) is 2. The Kier molecular flexibility index (Phi) is 4.37. The molecule has 1 aromatic carbocycles. The lowest BCUT2D eigenvalue weighted by atomic mass is 9.72. The summed E-state index contributed by atoms with van der Waals surface area (Å²) in [4.78, 5) is 16.4. The Morgan fingerprint density at radius 2 is 1.95 bits per heavy atom. The van der Waals surface area contributed by atoms with Crippen LogP contribution in [0.5, 0.6) is 0 Å². The molecule has 3 atom stereocenters. The van der Waals surface area contributed by atoms with Crippen molar-refractivity contribution in [2.75, 3.05) is 0 Å². The summed E-state index contributed by atoms with van der Waals surface area (Å²) in [6, 6.07) is 14.6. The van der Waals surface area contributed by atoms with Crippen molar-refractivity contribution in [1.82, 2.24) is 4.98 Å². The number of carbonyl (C=O) groups excluding carboxylic acids is 1. The fourth-order valence-electron chi connectivity index (χ4n) is 3.68. The van der Waals surface area contributed by atoms with Gasteiger partial charge in [-0.1, -0.05) is 56.7 Å². The Labute approximate surface area is 132 Å². The van der Waals surface area contributed by atoms with Crippen LogP contribution in [-0.4, -0.2) is 11.3 Å². The zero-order chi connectivity index (χ0) is 15.5. The zero-order valence-corrected chi connectivity index (χ0v) is 13.3. The molecule has 3 rings (SSSR count). The monoisotopic (exact) mass is 293 g/mol. The van der Waals surface area contributed by atoms with E-state index in [1.165, 1.54) is 5.56 Å². The van der Waals surface area contributed by atoms with Crippen molar-refractivity contribution in [2.24, 2.45) is 5.92 Å². The van der Waals surface area contributed by atoms with E-state index in [2.05, 4.69) is 50.2 Å². The molecular formula is C20H23NO. The molecule has 0 bridgehead atoms. The van der Waals surface area contributed by atoms with Gasteiger partial charge in [-0.2, -0.15) is 0 Å². The van der Waals surface area contributed by atoms with Gasteiger partial charge in [-0.25, -0.2) is 0 Å². The van der Waals surface area contributed by atoms with Crippen LogP contribution in [0.4, 0.5) is 0 Å². The van der Waals surface area contributed by atoms with Gasteiger partial charge >= 0.3 is 0 Å². The lowest BCUT2D eigenvalue weighted by Crippen LogP contribution is -2.25. The smallest absolute Gasteiger partial charge is 0.127 e. The second kappa shape index (κ2) is 6.43. The van der Waals surface area contributed by atoms with Crippen LogP contribution in [0, 0.1) is 5.92 Å². The molecule has 3 unspecified atom stereocenters. The number of hydrogen-bond donors (Lipinski definition) is 0. The number of fused-ring (bicyclic) bond motifs is 1. The largest absolute Gasteiger partial charge is 0.303 e. The quantitative estimate of drug-likeness (QED) is 0.777. The van der Waals surface area contributed by atoms with Crippen molar-refractivity contribution in [3.8, 4) is 0 Å². The van der Waals surface area contributed by atoms with Gasteiger partial charge in [-0.05, 0) is 35.4 Å². The Balaban J connectivity index is 1.93. The number of rotatable bonds is 4. The number of aromatic nitrogens is 1. The molecule has 22 heavy (non-hydrogen) atoms. The molecule has 1 aliphatic carbocycles. The first-order valence-electron chi connectivity index (χ1n) is 8.21. The summed E-state index contributed by atoms with van der Waals surface area (Å²) in [5.74, 6) is 0.920. The van der Waals surface area contributed by atoms with Gasteiger partial charge in [0.1, 0.15) is 6.29 Å². The Bertz CT molecular complexity index is 650. The van der Waals surface area contributed by atoms with Crippen LogP contribution in [-0.2, 0) is 11.2 Å². The van der Waals surface area contributed by atoms with E-state index in [1.807, 2.05) is 6.07 Å². The molecule has 114 valence electrons. The predicted molar refractivity (Wildman–Crippen MR) is 89.1 cm³/mol. The van der Waals surface area contributed by atoms with Crippen molar-refractivity contribution in [3.63, 3.8) is 0 Å². The Hall–Kier alpha value is -1.96. The van der Waals surface area contributed by atoms with Crippen LogP contribution in [0.25, 0.3) is 0 Å². The van der Waals surface area contributed by atoms with E-state index in [9.17, 15) is 4.79 Å². The van der Waals surface area contributed by atoms with Gasteiger partial charge in [-0.15, -0.1) is 0 Å². The topological polar surface area (TPSA) is 30.0 Å². The van der Waals surface area contributed by atoms with E-state index in [4.69, 9.17) is 4.98 Å². The third-order valence-electron chi connectivity index (χ3n) is 4.90. The maximum Gasteiger partial charge on any atom is 0.127 e. The van der Waals surface area contributed by atoms with E-state index >= 15 is 0 Å². The molecule has 1 heterocycles. The standard InChI is InChI=1S/C20H23NO/c1-3-16-11-14(2)20-18(19(16)13-22)10-9-17(21-20)12-15-7-5-4-6-8-15/h4-10,13-14,16,19H,3,11-12H2,1-2H3. The van der Waals surface area contributed by atoms with Crippen molar-refractivity contribution in [2.45, 2.75) is 44.9 Å². The molecule has 0 amide bonds. The van der Waals surface area contributed by atoms with Crippen molar-refractivity contribution < 1.29 is 4.79 Å². The maximum absolute atomic E-state index is 11.5. The second-order valence-electron chi connectivity index (χ2n) is 6.41. The summed E-state index contributed by atoms with van der Waals surface area (Å²) in [6.07, 6.45) is 4.09. The summed E-state index contributed by atoms with van der Waals surface area (Å²) >= 11 is 0. The molecule has 0 saturated heterocycles. The van der Waals surface area contributed by atoms with E-state index in [-0.39, 0.29) is 5.92 Å². The summed E-state index contributed by atoms with van der Waals surface area (Å²) in [7, 11) is 0. The van der Waals surface area contributed by atoms with Crippen LogP contribution in [0.2, 0.25) is 0 Å². The molecule has 0 spiro atoms. The van der Waals surface area contributed by atoms with Gasteiger partial charge in [0.25, 0.3) is 0 Å². The second-order valence-corrected chi connectivity index (χ2v) is 6.41. The zero-order valence-electron chi connectivity index (χ0n) is 13.3. The van der Waals surface area contributed by atoms with Gasteiger partial charge in [0.15, 0.2) is 0 Å². The fraction of sp³-hybridized carbons (Fsp3) is 0.400. The lowest BCUT2D eigenvalue weighted by molar-refractivity contribution is -0.110. The van der Waals surface area contributed by atoms with Crippen molar-refractivity contribution >= 4 is 6.29 Å². The Morgan fingerprint density at radius 3 is 2.64 bits per heavy atom. The van der Waals surface area contributed by atoms with E-state index in [0.717, 1.165) is 42.5 Å². The highest BCUT2D eigenvalue weighted by Crippen LogP contribution is 2.42. The number of aldehydes is 1. The third kappa shape index (κ3) is 2.83. The van der Waals surface area contributed by atoms with E-state index < -0.39 is 0 Å². The predicted octanol–water partition coefficient (Wildman–Crippen LogP) is 4.49. The van der Waals surface area contributed by atoms with Gasteiger partial charge in [0.05, 0.1) is 0 Å². The molecule has 0 radical (unpaired) electrons. The van der Waals surface area contributed by atoms with Crippen LogP contribution >= 0.6 is 0 Å². The van der Waals surface area contributed by atoms with E-state index in [0.29, 0.717) is 11.8 Å². The van der Waals surface area contributed by atoms with E-state index in [1.54, 1.807) is 0 Å². The summed E-state index contributed by atoms with van der Waals surface area (Å²) < 4.78 is 0. The maximum atomic E-state index is 11.5. The molecular weight excluding hydrogens is 270 g/mol. The van der Waals surface area contributed by atoms with Gasteiger partial charge in [-0.3, -0.25) is 4.98 Å². The van der Waals surface area contributed by atoms with Crippen molar-refractivity contribution in [1.29, 1.82) is 0 Å². The van der Waals surface area contributed by atoms with Gasteiger partial charge in [0.2, 0.25) is 0 Å². The molecule has 0 N–H and O–H groups in total. The summed E-state index contributed by atoms with van der Waals surface area (Å²) in [5, 5.41) is 0. The minimum atomic E-state index is 0.0227. The molecule has 2 heteroatoms. The normalized spacial score (nSPS) is 23.8. The van der Waals surface area contributed by atoms with Crippen LogP contribution in [0.15, 0.2) is 42.5 Å². The molecule has 1 aliphatic rings. The molecule has 2 nitrogen and oxygen atoms in total. The molecule has 0 aliphatic heterocycles. The van der Waals surface area contributed by atoms with Crippen LogP contribution in [0.3, 0.4) is 0 Å². The highest BCUT2D eigenvalue weighted by Gasteiger charge is 2.33. The Morgan fingerprint density at radius 1 is 1.18 bits per heavy atom. The minimum absolute atomic E-state index is 0.0227. The lowest BCUT2D eigenvalue weighted by Gasteiger charge is -2.33.